The molecule has 2 rings (SSSR count). The van der Waals surface area contributed by atoms with Gasteiger partial charge in [-0.2, -0.15) is 13.9 Å². The Hall–Kier alpha value is -2.47. The predicted octanol–water partition coefficient (Wildman–Crippen LogP) is -1.58. The van der Waals surface area contributed by atoms with Crippen molar-refractivity contribution in [2.45, 2.75) is 6.92 Å². The van der Waals surface area contributed by atoms with E-state index < -0.39 is 0 Å². The van der Waals surface area contributed by atoms with Crippen LogP contribution in [0.2, 0.25) is 0 Å². The van der Waals surface area contributed by atoms with Gasteiger partial charge in [0.15, 0.2) is 11.5 Å². The first-order chi connectivity index (χ1) is 10.9. The van der Waals surface area contributed by atoms with Gasteiger partial charge in [-0.1, -0.05) is 0 Å². The van der Waals surface area contributed by atoms with Gasteiger partial charge in [-0.05, 0) is 31.2 Å². The molecule has 2 aromatic rings. The lowest BCUT2D eigenvalue weighted by atomic mass is 10.1. The summed E-state index contributed by atoms with van der Waals surface area (Å²) in [6, 6.07) is 5.07. The van der Waals surface area contributed by atoms with Crippen LogP contribution in [-0.4, -0.2) is 23.9 Å². The van der Waals surface area contributed by atoms with E-state index >= 15 is 0 Å². The van der Waals surface area contributed by atoms with Crippen LogP contribution < -0.4 is 32.1 Å². The van der Waals surface area contributed by atoms with Gasteiger partial charge in [0, 0.05) is 6.07 Å². The third kappa shape index (κ3) is 3.54. The smallest absolute Gasteiger partial charge is 0.498 e. The van der Waals surface area contributed by atoms with Gasteiger partial charge >= 0.3 is 5.69 Å². The molecule has 130 valence electrons. The normalized spacial score (nSPS) is 10.5. The molecule has 1 aromatic heterocycles. The van der Waals surface area contributed by atoms with E-state index in [0.29, 0.717) is 17.1 Å². The molecule has 0 aliphatic carbocycles. The Morgan fingerprint density at radius 3 is 2.46 bits per heavy atom. The van der Waals surface area contributed by atoms with Gasteiger partial charge in [-0.3, -0.25) is 0 Å². The highest BCUT2D eigenvalue weighted by atomic mass is 35.5. The third-order valence-electron chi connectivity index (χ3n) is 3.83. The number of aryl methyl sites for hydroxylation is 1. The summed E-state index contributed by atoms with van der Waals surface area (Å²) in [7, 11) is 6.46. The molecule has 1 N–H and O–H groups in total. The van der Waals surface area contributed by atoms with Crippen LogP contribution in [0.15, 0.2) is 23.0 Å². The average Bonchev–Trinajstić information content (AvgIpc) is 2.55. The Morgan fingerprint density at radius 1 is 1.21 bits per heavy atom. The molecule has 0 saturated heterocycles. The number of hydrogen-bond donors (Lipinski definition) is 1. The van der Waals surface area contributed by atoms with Crippen LogP contribution in [0.4, 0.5) is 0 Å². The molecule has 7 heteroatoms. The minimum atomic E-state index is -0.112. The van der Waals surface area contributed by atoms with E-state index in [9.17, 15) is 9.90 Å². The van der Waals surface area contributed by atoms with Gasteiger partial charge in [0.2, 0.25) is 0 Å². The van der Waals surface area contributed by atoms with Crippen molar-refractivity contribution in [3.63, 3.8) is 0 Å². The Labute approximate surface area is 147 Å². The van der Waals surface area contributed by atoms with Gasteiger partial charge in [0.25, 0.3) is 0 Å². The van der Waals surface area contributed by atoms with Crippen molar-refractivity contribution in [2.75, 3.05) is 14.2 Å². The summed E-state index contributed by atoms with van der Waals surface area (Å²) in [4.78, 5) is 12.1. The van der Waals surface area contributed by atoms with Crippen molar-refractivity contribution in [1.29, 1.82) is 0 Å². The SMILES string of the molecule is COc1ccc(O)c(OC)c1C=Cc1cc(C)n(C)c(=O)[n+]1C.[Cl-]. The molecular formula is C17H21ClN2O4. The first-order valence-electron chi connectivity index (χ1n) is 7.09. The molecule has 1 heterocycles. The van der Waals surface area contributed by atoms with Gasteiger partial charge < -0.3 is 27.0 Å². The number of phenolic OH excluding ortho intramolecular Hbond substituents is 1. The molecular weight excluding hydrogens is 332 g/mol. The second-order valence-corrected chi connectivity index (χ2v) is 5.18. The summed E-state index contributed by atoms with van der Waals surface area (Å²) in [6.07, 6.45) is 3.54. The number of benzene rings is 1. The van der Waals surface area contributed by atoms with E-state index in [1.54, 1.807) is 48.6 Å². The Bertz CT molecular complexity index is 828. The van der Waals surface area contributed by atoms with Gasteiger partial charge in [-0.25, -0.2) is 0 Å². The first-order valence-corrected chi connectivity index (χ1v) is 7.09. The van der Waals surface area contributed by atoms with Crippen LogP contribution >= 0.6 is 0 Å². The van der Waals surface area contributed by atoms with Crippen LogP contribution in [0, 0.1) is 6.92 Å². The number of halogens is 1. The summed E-state index contributed by atoms with van der Waals surface area (Å²) in [5.41, 5.74) is 2.08. The van der Waals surface area contributed by atoms with Gasteiger partial charge in [-0.15, -0.1) is 0 Å². The number of hydrogen-bond acceptors (Lipinski definition) is 4. The number of aromatic hydroxyl groups is 1. The lowest BCUT2D eigenvalue weighted by Gasteiger charge is -2.11. The van der Waals surface area contributed by atoms with Crippen molar-refractivity contribution in [1.82, 2.24) is 4.57 Å². The third-order valence-corrected chi connectivity index (χ3v) is 3.83. The molecule has 0 unspecified atom stereocenters. The van der Waals surface area contributed by atoms with E-state index in [2.05, 4.69) is 0 Å². The highest BCUT2D eigenvalue weighted by molar-refractivity contribution is 5.76. The molecule has 0 radical (unpaired) electrons. The molecule has 0 atom stereocenters. The average molecular weight is 353 g/mol. The van der Waals surface area contributed by atoms with Crippen molar-refractivity contribution in [3.05, 3.63) is 45.6 Å². The molecule has 0 aliphatic heterocycles. The number of ether oxygens (including phenoxy) is 2. The van der Waals surface area contributed by atoms with Crippen LogP contribution in [0.5, 0.6) is 17.2 Å². The quantitative estimate of drug-likeness (QED) is 0.674. The van der Waals surface area contributed by atoms with Crippen molar-refractivity contribution >= 4 is 12.2 Å². The second kappa shape index (κ2) is 7.88. The number of nitrogens with zero attached hydrogens (tertiary/aromatic N) is 2. The molecule has 0 amide bonds. The highest BCUT2D eigenvalue weighted by Crippen LogP contribution is 2.37. The monoisotopic (exact) mass is 352 g/mol. The minimum Gasteiger partial charge on any atom is -1.00 e. The molecule has 1 aromatic carbocycles. The van der Waals surface area contributed by atoms with Crippen molar-refractivity contribution in [2.24, 2.45) is 14.1 Å². The minimum absolute atomic E-state index is 0. The highest BCUT2D eigenvalue weighted by Gasteiger charge is 2.14. The predicted molar refractivity (Wildman–Crippen MR) is 87.7 cm³/mol. The Kier molecular flexibility index (Phi) is 6.42. The molecule has 0 fully saturated rings. The van der Waals surface area contributed by atoms with E-state index in [1.807, 2.05) is 13.0 Å². The zero-order valence-corrected chi connectivity index (χ0v) is 15.1. The van der Waals surface area contributed by atoms with Crippen LogP contribution in [0.3, 0.4) is 0 Å². The zero-order chi connectivity index (χ0) is 17.1. The van der Waals surface area contributed by atoms with E-state index in [1.165, 1.54) is 13.2 Å². The van der Waals surface area contributed by atoms with Crippen molar-refractivity contribution < 1.29 is 31.6 Å². The molecule has 0 saturated carbocycles. The summed E-state index contributed by atoms with van der Waals surface area (Å²) in [5, 5.41) is 9.91. The lowest BCUT2D eigenvalue weighted by molar-refractivity contribution is -0.692. The van der Waals surface area contributed by atoms with Crippen LogP contribution in [-0.2, 0) is 14.1 Å². The fraction of sp³-hybridized carbons (Fsp3) is 0.294. The summed E-state index contributed by atoms with van der Waals surface area (Å²) < 4.78 is 13.7. The topological polar surface area (TPSA) is 64.6 Å². The fourth-order valence-corrected chi connectivity index (χ4v) is 2.34. The molecule has 0 spiro atoms. The lowest BCUT2D eigenvalue weighted by Crippen LogP contribution is -3.00. The second-order valence-electron chi connectivity index (χ2n) is 5.18. The van der Waals surface area contributed by atoms with Gasteiger partial charge in [0.1, 0.15) is 17.1 Å². The first kappa shape index (κ1) is 19.6. The number of phenols is 1. The molecule has 24 heavy (non-hydrogen) atoms. The number of methoxy groups -OCH3 is 2. The summed E-state index contributed by atoms with van der Waals surface area (Å²) >= 11 is 0. The molecule has 6 nitrogen and oxygen atoms in total. The summed E-state index contributed by atoms with van der Waals surface area (Å²) in [6.45, 7) is 1.87. The van der Waals surface area contributed by atoms with Crippen LogP contribution in [0.25, 0.3) is 12.2 Å². The Morgan fingerprint density at radius 2 is 1.88 bits per heavy atom. The van der Waals surface area contributed by atoms with E-state index in [0.717, 1.165) is 11.4 Å². The largest absolute Gasteiger partial charge is 1.00 e. The van der Waals surface area contributed by atoms with E-state index in [4.69, 9.17) is 9.47 Å². The zero-order valence-electron chi connectivity index (χ0n) is 14.3. The van der Waals surface area contributed by atoms with Crippen LogP contribution in [0.1, 0.15) is 17.0 Å². The fourth-order valence-electron chi connectivity index (χ4n) is 2.34. The van der Waals surface area contributed by atoms with E-state index in [-0.39, 0.29) is 23.8 Å². The molecule has 0 aliphatic rings. The maximum atomic E-state index is 12.1. The maximum Gasteiger partial charge on any atom is 0.498 e. The number of rotatable bonds is 4. The van der Waals surface area contributed by atoms with Gasteiger partial charge in [0.05, 0.1) is 33.9 Å². The van der Waals surface area contributed by atoms with Crippen molar-refractivity contribution in [3.8, 4) is 17.2 Å². The molecule has 0 bridgehead atoms. The standard InChI is InChI=1S/C17H20N2O4.ClH/c1-11-10-12(19(3)17(21)18(11)2)6-7-13-15(22-4)9-8-14(20)16(13)23-5;/h6-10H,1-5H3;1H. The number of aromatic nitrogens is 2. The Balaban J connectivity index is 0.00000288. The summed E-state index contributed by atoms with van der Waals surface area (Å²) in [5.74, 6) is 0.917. The maximum absolute atomic E-state index is 12.1.